The molecule has 6 heteroatoms. The number of carbonyl (C=O) groups excluding carboxylic acids is 1. The van der Waals surface area contributed by atoms with Crippen LogP contribution < -0.4 is 0 Å². The number of piperidine rings is 1. The molecule has 0 bridgehead atoms. The topological polar surface area (TPSA) is 61.9 Å². The second kappa shape index (κ2) is 7.27. The highest BCUT2D eigenvalue weighted by molar-refractivity contribution is 8.00. The van der Waals surface area contributed by atoms with Crippen LogP contribution in [0.3, 0.4) is 0 Å². The summed E-state index contributed by atoms with van der Waals surface area (Å²) < 4.78 is 0. The zero-order valence-electron chi connectivity index (χ0n) is 15.3. The van der Waals surface area contributed by atoms with Crippen LogP contribution in [0.4, 0.5) is 0 Å². The number of benzene rings is 1. The van der Waals surface area contributed by atoms with Crippen molar-refractivity contribution in [2.45, 2.75) is 50.6 Å². The Morgan fingerprint density at radius 1 is 1.35 bits per heavy atom. The summed E-state index contributed by atoms with van der Waals surface area (Å²) >= 11 is 1.51. The number of rotatable bonds is 4. The predicted molar refractivity (Wildman–Crippen MR) is 106 cm³/mol. The molecule has 136 valence electrons. The van der Waals surface area contributed by atoms with Crippen molar-refractivity contribution in [2.24, 2.45) is 0 Å². The molecule has 1 fully saturated rings. The van der Waals surface area contributed by atoms with Gasteiger partial charge in [-0.05, 0) is 44.7 Å². The van der Waals surface area contributed by atoms with Gasteiger partial charge >= 0.3 is 0 Å². The lowest BCUT2D eigenvalue weighted by atomic mass is 10.0. The number of thioether (sulfide) groups is 1. The Bertz CT molecular complexity index is 952. The summed E-state index contributed by atoms with van der Waals surface area (Å²) in [6.07, 6.45) is 6.12. The molecule has 0 radical (unpaired) electrons. The maximum Gasteiger partial charge on any atom is 0.233 e. The van der Waals surface area contributed by atoms with E-state index in [4.69, 9.17) is 0 Å². The molecule has 5 nitrogen and oxygen atoms in total. The van der Waals surface area contributed by atoms with Crippen LogP contribution in [0.15, 0.2) is 29.6 Å². The summed E-state index contributed by atoms with van der Waals surface area (Å²) in [7, 11) is 0. The number of hydrogen-bond acceptors (Lipinski definition) is 4. The van der Waals surface area contributed by atoms with Gasteiger partial charge < -0.3 is 9.88 Å². The second-order valence-corrected chi connectivity index (χ2v) is 7.97. The number of nitrogens with one attached hydrogen (secondary N) is 1. The fraction of sp³-hybridized carbons (Fsp3) is 0.450. The summed E-state index contributed by atoms with van der Waals surface area (Å²) in [6.45, 7) is 5.14. The molecule has 0 aliphatic carbocycles. The quantitative estimate of drug-likeness (QED) is 0.551. The zero-order valence-corrected chi connectivity index (χ0v) is 16.1. The monoisotopic (exact) mass is 368 g/mol. The summed E-state index contributed by atoms with van der Waals surface area (Å²) in [5, 5.41) is 1.96. The van der Waals surface area contributed by atoms with E-state index in [0.717, 1.165) is 52.8 Å². The molecular weight excluding hydrogens is 344 g/mol. The van der Waals surface area contributed by atoms with Crippen molar-refractivity contribution in [1.29, 1.82) is 0 Å². The van der Waals surface area contributed by atoms with Crippen LogP contribution in [0, 0.1) is 6.92 Å². The average molecular weight is 369 g/mol. The molecule has 0 saturated carbocycles. The van der Waals surface area contributed by atoms with Gasteiger partial charge in [-0.2, -0.15) is 0 Å². The zero-order chi connectivity index (χ0) is 18.1. The van der Waals surface area contributed by atoms with E-state index in [0.29, 0.717) is 11.8 Å². The van der Waals surface area contributed by atoms with Gasteiger partial charge in [-0.15, -0.1) is 0 Å². The predicted octanol–water partition coefficient (Wildman–Crippen LogP) is 4.30. The number of carbonyl (C=O) groups is 1. The van der Waals surface area contributed by atoms with Gasteiger partial charge in [0.2, 0.25) is 5.91 Å². The van der Waals surface area contributed by atoms with Crippen molar-refractivity contribution < 1.29 is 4.79 Å². The van der Waals surface area contributed by atoms with E-state index >= 15 is 0 Å². The first-order valence-electron chi connectivity index (χ1n) is 9.32. The third kappa shape index (κ3) is 3.18. The maximum absolute atomic E-state index is 12.7. The number of hydrogen-bond donors (Lipinski definition) is 1. The van der Waals surface area contributed by atoms with Gasteiger partial charge in [-0.3, -0.25) is 4.79 Å². The Balaban J connectivity index is 1.57. The molecule has 1 aliphatic rings. The minimum atomic E-state index is 0.222. The van der Waals surface area contributed by atoms with Gasteiger partial charge in [0.1, 0.15) is 16.9 Å². The molecule has 1 atom stereocenters. The lowest BCUT2D eigenvalue weighted by molar-refractivity contribution is -0.132. The summed E-state index contributed by atoms with van der Waals surface area (Å²) in [6, 6.07) is 6.70. The van der Waals surface area contributed by atoms with Crippen molar-refractivity contribution in [1.82, 2.24) is 19.9 Å². The highest BCUT2D eigenvalue weighted by atomic mass is 32.2. The number of amides is 1. The minimum Gasteiger partial charge on any atom is -0.351 e. The Hall–Kier alpha value is -2.08. The van der Waals surface area contributed by atoms with E-state index in [9.17, 15) is 4.79 Å². The van der Waals surface area contributed by atoms with Crippen molar-refractivity contribution in [2.75, 3.05) is 12.3 Å². The van der Waals surface area contributed by atoms with Gasteiger partial charge in [0.05, 0.1) is 11.3 Å². The number of fused-ring (bicyclic) bond motifs is 3. The summed E-state index contributed by atoms with van der Waals surface area (Å²) in [4.78, 5) is 27.1. The summed E-state index contributed by atoms with van der Waals surface area (Å²) in [5.41, 5.74) is 4.12. The largest absolute Gasteiger partial charge is 0.351 e. The average Bonchev–Trinajstić information content (AvgIpc) is 3.04. The first kappa shape index (κ1) is 17.3. The standard InChI is InChI=1S/C20H24N4OS/c1-3-14-6-4-5-9-24(14)17(25)11-26-20-19-18(21-12-22-20)15-10-13(2)7-8-16(15)23-19/h7-8,10,12,14,23H,3-6,9,11H2,1-2H3/t14-/m0/s1. The fourth-order valence-electron chi connectivity index (χ4n) is 3.86. The highest BCUT2D eigenvalue weighted by Crippen LogP contribution is 2.30. The molecule has 4 rings (SSSR count). The Morgan fingerprint density at radius 2 is 2.23 bits per heavy atom. The minimum absolute atomic E-state index is 0.222. The van der Waals surface area contributed by atoms with Gasteiger partial charge in [0.25, 0.3) is 0 Å². The van der Waals surface area contributed by atoms with E-state index in [-0.39, 0.29) is 5.91 Å². The van der Waals surface area contributed by atoms with E-state index in [1.54, 1.807) is 6.33 Å². The Kier molecular flexibility index (Phi) is 4.85. The molecule has 3 aromatic rings. The molecule has 1 aliphatic heterocycles. The van der Waals surface area contributed by atoms with Gasteiger partial charge in [0, 0.05) is 23.5 Å². The van der Waals surface area contributed by atoms with E-state index in [1.807, 2.05) is 0 Å². The number of likely N-dealkylation sites (tertiary alicyclic amines) is 1. The molecule has 3 heterocycles. The maximum atomic E-state index is 12.7. The van der Waals surface area contributed by atoms with Gasteiger partial charge in [-0.25, -0.2) is 9.97 Å². The van der Waals surface area contributed by atoms with Crippen molar-refractivity contribution in [3.8, 4) is 0 Å². The third-order valence-corrected chi connectivity index (χ3v) is 6.23. The number of nitrogens with zero attached hydrogens (tertiary/aromatic N) is 3. The number of H-pyrrole nitrogens is 1. The molecule has 26 heavy (non-hydrogen) atoms. The van der Waals surface area contributed by atoms with Crippen LogP contribution in [-0.4, -0.2) is 44.1 Å². The summed E-state index contributed by atoms with van der Waals surface area (Å²) in [5.74, 6) is 0.650. The molecular formula is C20H24N4OS. The first-order chi connectivity index (χ1) is 12.7. The van der Waals surface area contributed by atoms with Crippen molar-refractivity contribution >= 4 is 39.6 Å². The van der Waals surface area contributed by atoms with Crippen LogP contribution in [0.5, 0.6) is 0 Å². The van der Waals surface area contributed by atoms with Gasteiger partial charge in [-0.1, -0.05) is 30.3 Å². The van der Waals surface area contributed by atoms with Crippen molar-refractivity contribution in [3.05, 3.63) is 30.1 Å². The number of aromatic amines is 1. The van der Waals surface area contributed by atoms with Crippen LogP contribution in [0.25, 0.3) is 21.9 Å². The van der Waals surface area contributed by atoms with Crippen LogP contribution in [0.1, 0.15) is 38.2 Å². The molecule has 2 aromatic heterocycles. The van der Waals surface area contributed by atoms with Crippen LogP contribution >= 0.6 is 11.8 Å². The number of aryl methyl sites for hydroxylation is 1. The Morgan fingerprint density at radius 3 is 3.08 bits per heavy atom. The van der Waals surface area contributed by atoms with E-state index in [1.165, 1.54) is 23.7 Å². The molecule has 1 N–H and O–H groups in total. The fourth-order valence-corrected chi connectivity index (χ4v) is 4.70. The van der Waals surface area contributed by atoms with Gasteiger partial charge in [0.15, 0.2) is 0 Å². The molecule has 1 amide bonds. The lowest BCUT2D eigenvalue weighted by Gasteiger charge is -2.35. The van der Waals surface area contributed by atoms with Crippen molar-refractivity contribution in [3.63, 3.8) is 0 Å². The highest BCUT2D eigenvalue weighted by Gasteiger charge is 2.25. The Labute approximate surface area is 157 Å². The number of aromatic nitrogens is 3. The molecule has 1 aromatic carbocycles. The second-order valence-electron chi connectivity index (χ2n) is 7.01. The normalized spacial score (nSPS) is 17.9. The molecule has 1 saturated heterocycles. The van der Waals surface area contributed by atoms with Crippen LogP contribution in [-0.2, 0) is 4.79 Å². The van der Waals surface area contributed by atoms with Crippen LogP contribution in [0.2, 0.25) is 0 Å². The van der Waals surface area contributed by atoms with E-state index < -0.39 is 0 Å². The lowest BCUT2D eigenvalue weighted by Crippen LogP contribution is -2.44. The van der Waals surface area contributed by atoms with E-state index in [2.05, 4.69) is 51.9 Å². The smallest absolute Gasteiger partial charge is 0.233 e. The first-order valence-corrected chi connectivity index (χ1v) is 10.3. The molecule has 0 spiro atoms. The molecule has 0 unspecified atom stereocenters. The SMILES string of the molecule is CC[C@H]1CCCCN1C(=O)CSc1ncnc2c1[nH]c1ccc(C)cc12. The third-order valence-electron chi connectivity index (χ3n) is 5.25.